The van der Waals surface area contributed by atoms with Crippen molar-refractivity contribution in [3.8, 4) is 12.3 Å². The van der Waals surface area contributed by atoms with Crippen LogP contribution in [0.25, 0.3) is 0 Å². The lowest BCUT2D eigenvalue weighted by atomic mass is 10.0. The summed E-state index contributed by atoms with van der Waals surface area (Å²) in [4.78, 5) is 0. The number of rotatable bonds is 6. The second-order valence-electron chi connectivity index (χ2n) is 3.11. The zero-order valence-corrected chi connectivity index (χ0v) is 7.69. The molecule has 0 amide bonds. The molecule has 1 atom stereocenters. The average molecular weight is 153 g/mol. The molecule has 0 aromatic heterocycles. The van der Waals surface area contributed by atoms with Gasteiger partial charge in [0.2, 0.25) is 0 Å². The Morgan fingerprint density at radius 1 is 1.45 bits per heavy atom. The van der Waals surface area contributed by atoms with Gasteiger partial charge in [0, 0.05) is 6.42 Å². The Kier molecular flexibility index (Phi) is 7.29. The Morgan fingerprint density at radius 2 is 2.18 bits per heavy atom. The molecule has 1 N–H and O–H groups in total. The smallest absolute Gasteiger partial charge is 0.00860 e. The van der Waals surface area contributed by atoms with E-state index >= 15 is 0 Å². The van der Waals surface area contributed by atoms with E-state index in [2.05, 4.69) is 18.2 Å². The monoisotopic (exact) mass is 153 g/mol. The zero-order chi connectivity index (χ0) is 8.53. The highest BCUT2D eigenvalue weighted by Crippen LogP contribution is 2.07. The highest BCUT2D eigenvalue weighted by molar-refractivity contribution is 4.82. The molecule has 0 saturated carbocycles. The highest BCUT2D eigenvalue weighted by Gasteiger charge is 1.98. The zero-order valence-electron chi connectivity index (χ0n) is 7.69. The van der Waals surface area contributed by atoms with Gasteiger partial charge in [-0.1, -0.05) is 13.3 Å². The molecular weight excluding hydrogens is 134 g/mol. The van der Waals surface area contributed by atoms with Crippen molar-refractivity contribution in [2.24, 2.45) is 5.92 Å². The molecule has 0 fully saturated rings. The standard InChI is InChI=1S/C10H19N/c1-4-5-6-7-8-10(2)9-11-3/h1,10-11H,5-9H2,2-3H3. The van der Waals surface area contributed by atoms with Crippen LogP contribution in [0.2, 0.25) is 0 Å². The Balaban J connectivity index is 3.05. The van der Waals surface area contributed by atoms with Gasteiger partial charge in [0.15, 0.2) is 0 Å². The largest absolute Gasteiger partial charge is 0.319 e. The minimum Gasteiger partial charge on any atom is -0.319 e. The Hall–Kier alpha value is -0.480. The molecule has 0 aliphatic carbocycles. The molecule has 1 unspecified atom stereocenters. The van der Waals surface area contributed by atoms with Gasteiger partial charge in [-0.05, 0) is 32.4 Å². The molecule has 0 spiro atoms. The second-order valence-corrected chi connectivity index (χ2v) is 3.11. The van der Waals surface area contributed by atoms with Crippen molar-refractivity contribution < 1.29 is 0 Å². The maximum atomic E-state index is 5.14. The predicted octanol–water partition coefficient (Wildman–Crippen LogP) is 2.04. The van der Waals surface area contributed by atoms with Gasteiger partial charge in [0.1, 0.15) is 0 Å². The molecule has 0 heterocycles. The summed E-state index contributed by atoms with van der Waals surface area (Å²) in [6, 6.07) is 0. The fourth-order valence-electron chi connectivity index (χ4n) is 1.17. The van der Waals surface area contributed by atoms with E-state index in [0.29, 0.717) is 0 Å². The lowest BCUT2D eigenvalue weighted by molar-refractivity contribution is 0.479. The minimum atomic E-state index is 0.790. The maximum absolute atomic E-state index is 5.14. The minimum absolute atomic E-state index is 0.790. The highest BCUT2D eigenvalue weighted by atomic mass is 14.8. The van der Waals surface area contributed by atoms with E-state index in [1.165, 1.54) is 19.3 Å². The fourth-order valence-corrected chi connectivity index (χ4v) is 1.17. The van der Waals surface area contributed by atoms with E-state index < -0.39 is 0 Å². The van der Waals surface area contributed by atoms with E-state index in [-0.39, 0.29) is 0 Å². The van der Waals surface area contributed by atoms with Gasteiger partial charge >= 0.3 is 0 Å². The summed E-state index contributed by atoms with van der Waals surface area (Å²) in [5.41, 5.74) is 0. The maximum Gasteiger partial charge on any atom is 0.00860 e. The van der Waals surface area contributed by atoms with Crippen LogP contribution in [0.3, 0.4) is 0 Å². The van der Waals surface area contributed by atoms with Crippen molar-refractivity contribution in [2.75, 3.05) is 13.6 Å². The molecule has 0 aliphatic rings. The SMILES string of the molecule is C#CCCCCC(C)CNC. The summed E-state index contributed by atoms with van der Waals surface area (Å²) in [6.45, 7) is 3.39. The van der Waals surface area contributed by atoms with Gasteiger partial charge in [0.25, 0.3) is 0 Å². The summed E-state index contributed by atoms with van der Waals surface area (Å²) in [7, 11) is 2.00. The van der Waals surface area contributed by atoms with Crippen LogP contribution in [0, 0.1) is 18.3 Å². The van der Waals surface area contributed by atoms with Crippen LogP contribution in [0.15, 0.2) is 0 Å². The normalized spacial score (nSPS) is 12.5. The quantitative estimate of drug-likeness (QED) is 0.455. The van der Waals surface area contributed by atoms with E-state index in [1.54, 1.807) is 0 Å². The van der Waals surface area contributed by atoms with E-state index in [0.717, 1.165) is 18.9 Å². The molecule has 0 aliphatic heterocycles. The molecule has 0 aromatic rings. The Bertz CT molecular complexity index is 113. The molecule has 1 heteroatoms. The lowest BCUT2D eigenvalue weighted by Gasteiger charge is -2.08. The first-order valence-electron chi connectivity index (χ1n) is 4.39. The Morgan fingerprint density at radius 3 is 2.73 bits per heavy atom. The molecular formula is C10H19N. The predicted molar refractivity (Wildman–Crippen MR) is 50.4 cm³/mol. The van der Waals surface area contributed by atoms with Gasteiger partial charge in [-0.15, -0.1) is 12.3 Å². The van der Waals surface area contributed by atoms with Crippen molar-refractivity contribution in [3.63, 3.8) is 0 Å². The van der Waals surface area contributed by atoms with Crippen LogP contribution in [-0.2, 0) is 0 Å². The van der Waals surface area contributed by atoms with Crippen molar-refractivity contribution >= 4 is 0 Å². The molecule has 64 valence electrons. The van der Waals surface area contributed by atoms with E-state index in [1.807, 2.05) is 7.05 Å². The molecule has 1 nitrogen and oxygen atoms in total. The van der Waals surface area contributed by atoms with Gasteiger partial charge in [0.05, 0.1) is 0 Å². The van der Waals surface area contributed by atoms with Gasteiger partial charge < -0.3 is 5.32 Å². The van der Waals surface area contributed by atoms with Crippen molar-refractivity contribution in [1.82, 2.24) is 5.32 Å². The molecule has 0 bridgehead atoms. The first kappa shape index (κ1) is 10.5. The topological polar surface area (TPSA) is 12.0 Å². The second kappa shape index (κ2) is 7.63. The summed E-state index contributed by atoms with van der Waals surface area (Å²) in [5.74, 6) is 3.45. The molecule has 0 rings (SSSR count). The molecule has 0 aromatic carbocycles. The van der Waals surface area contributed by atoms with Crippen LogP contribution in [0.4, 0.5) is 0 Å². The third-order valence-electron chi connectivity index (χ3n) is 1.82. The molecule has 0 radical (unpaired) electrons. The van der Waals surface area contributed by atoms with Crippen LogP contribution < -0.4 is 5.32 Å². The molecule has 0 saturated heterocycles. The fraction of sp³-hybridized carbons (Fsp3) is 0.800. The number of hydrogen-bond acceptors (Lipinski definition) is 1. The van der Waals surface area contributed by atoms with Crippen molar-refractivity contribution in [1.29, 1.82) is 0 Å². The lowest BCUT2D eigenvalue weighted by Crippen LogP contribution is -2.15. The summed E-state index contributed by atoms with van der Waals surface area (Å²) in [5, 5.41) is 3.17. The third-order valence-corrected chi connectivity index (χ3v) is 1.82. The van der Waals surface area contributed by atoms with E-state index in [4.69, 9.17) is 6.42 Å². The van der Waals surface area contributed by atoms with Gasteiger partial charge in [-0.2, -0.15) is 0 Å². The number of terminal acetylenes is 1. The molecule has 11 heavy (non-hydrogen) atoms. The van der Waals surface area contributed by atoms with Crippen LogP contribution >= 0.6 is 0 Å². The van der Waals surface area contributed by atoms with Gasteiger partial charge in [-0.3, -0.25) is 0 Å². The summed E-state index contributed by atoms with van der Waals surface area (Å²) < 4.78 is 0. The summed E-state index contributed by atoms with van der Waals surface area (Å²) in [6.07, 6.45) is 9.83. The van der Waals surface area contributed by atoms with Crippen molar-refractivity contribution in [3.05, 3.63) is 0 Å². The van der Waals surface area contributed by atoms with Crippen molar-refractivity contribution in [2.45, 2.75) is 32.6 Å². The van der Waals surface area contributed by atoms with E-state index in [9.17, 15) is 0 Å². The summed E-state index contributed by atoms with van der Waals surface area (Å²) >= 11 is 0. The average Bonchev–Trinajstić information content (AvgIpc) is 1.99. The Labute approximate surface area is 70.6 Å². The number of nitrogens with one attached hydrogen (secondary N) is 1. The number of unbranched alkanes of at least 4 members (excludes halogenated alkanes) is 2. The van der Waals surface area contributed by atoms with Gasteiger partial charge in [-0.25, -0.2) is 0 Å². The van der Waals surface area contributed by atoms with Crippen LogP contribution in [0.1, 0.15) is 32.6 Å². The first-order chi connectivity index (χ1) is 5.31. The first-order valence-corrected chi connectivity index (χ1v) is 4.39. The van der Waals surface area contributed by atoms with Crippen LogP contribution in [-0.4, -0.2) is 13.6 Å². The number of hydrogen-bond donors (Lipinski definition) is 1. The third kappa shape index (κ3) is 7.42. The van der Waals surface area contributed by atoms with Crippen LogP contribution in [0.5, 0.6) is 0 Å².